The molecule has 5 rings (SSSR count). The van der Waals surface area contributed by atoms with Crippen molar-refractivity contribution in [1.29, 1.82) is 0 Å². The fourth-order valence-electron chi connectivity index (χ4n) is 4.32. The number of aromatic nitrogens is 2. The fraction of sp³-hybridized carbons (Fsp3) is 0.160. The highest BCUT2D eigenvalue weighted by molar-refractivity contribution is 5.59. The average Bonchev–Trinajstić information content (AvgIpc) is 2.95. The van der Waals surface area contributed by atoms with Gasteiger partial charge in [0, 0.05) is 29.8 Å². The Morgan fingerprint density at radius 2 is 1.52 bits per heavy atom. The fourth-order valence-corrected chi connectivity index (χ4v) is 4.32. The number of hydrogen-bond donors (Lipinski definition) is 0. The molecule has 2 heterocycles. The van der Waals surface area contributed by atoms with E-state index in [-0.39, 0.29) is 11.5 Å². The number of hydrogen-bond acceptors (Lipinski definition) is 2. The van der Waals surface area contributed by atoms with Crippen molar-refractivity contribution < 1.29 is 4.74 Å². The molecule has 1 aliphatic rings. The third-order valence-corrected chi connectivity index (χ3v) is 5.81. The van der Waals surface area contributed by atoms with Gasteiger partial charge in [0.2, 0.25) is 0 Å². The van der Waals surface area contributed by atoms with Gasteiger partial charge in [-0.1, -0.05) is 54.1 Å². The van der Waals surface area contributed by atoms with Gasteiger partial charge < -0.3 is 4.74 Å². The Morgan fingerprint density at radius 3 is 2.31 bits per heavy atom. The SMILES string of the molecule is Cc1ccc2c(c1)C(c1c(C)n(C)n(-c3ccccc3)c1=O)c1ccccc1O2. The minimum absolute atomic E-state index is 0.00496. The smallest absolute Gasteiger partial charge is 0.275 e. The van der Waals surface area contributed by atoms with Crippen LogP contribution in [0.4, 0.5) is 0 Å². The van der Waals surface area contributed by atoms with Crippen LogP contribution in [0.2, 0.25) is 0 Å². The van der Waals surface area contributed by atoms with Crippen molar-refractivity contribution in [3.8, 4) is 17.2 Å². The number of para-hydroxylation sites is 2. The maximum atomic E-state index is 13.7. The standard InChI is InChI=1S/C25H22N2O2/c1-16-13-14-22-20(15-16)24(19-11-7-8-12-21(19)29-22)23-17(2)26(3)27(25(23)28)18-9-5-4-6-10-18/h4-15,24H,1-3H3. The second-order valence-corrected chi connectivity index (χ2v) is 7.59. The van der Waals surface area contributed by atoms with E-state index in [1.54, 1.807) is 4.68 Å². The topological polar surface area (TPSA) is 36.2 Å². The molecule has 0 saturated heterocycles. The molecular formula is C25H22N2O2. The van der Waals surface area contributed by atoms with E-state index in [0.29, 0.717) is 0 Å². The molecule has 4 aromatic rings. The van der Waals surface area contributed by atoms with Crippen LogP contribution in [0.15, 0.2) is 77.6 Å². The van der Waals surface area contributed by atoms with E-state index in [1.807, 2.05) is 79.3 Å². The van der Waals surface area contributed by atoms with Gasteiger partial charge in [0.25, 0.3) is 5.56 Å². The quantitative estimate of drug-likeness (QED) is 0.427. The molecule has 0 bridgehead atoms. The van der Waals surface area contributed by atoms with Crippen LogP contribution < -0.4 is 10.3 Å². The predicted molar refractivity (Wildman–Crippen MR) is 114 cm³/mol. The molecule has 0 saturated carbocycles. The van der Waals surface area contributed by atoms with Gasteiger partial charge in [-0.3, -0.25) is 9.48 Å². The number of fused-ring (bicyclic) bond motifs is 2. The monoisotopic (exact) mass is 382 g/mol. The minimum Gasteiger partial charge on any atom is -0.457 e. The number of benzene rings is 3. The molecule has 4 nitrogen and oxygen atoms in total. The lowest BCUT2D eigenvalue weighted by Crippen LogP contribution is -2.23. The van der Waals surface area contributed by atoms with Crippen molar-refractivity contribution in [2.45, 2.75) is 19.8 Å². The molecule has 0 aliphatic carbocycles. The van der Waals surface area contributed by atoms with Crippen LogP contribution in [0.1, 0.15) is 33.9 Å². The Hall–Kier alpha value is -3.53. The number of ether oxygens (including phenoxy) is 1. The Morgan fingerprint density at radius 1 is 0.828 bits per heavy atom. The van der Waals surface area contributed by atoms with E-state index in [0.717, 1.165) is 45.1 Å². The van der Waals surface area contributed by atoms with E-state index in [2.05, 4.69) is 19.1 Å². The summed E-state index contributed by atoms with van der Waals surface area (Å²) < 4.78 is 9.86. The molecule has 1 aliphatic heterocycles. The molecule has 29 heavy (non-hydrogen) atoms. The molecule has 0 spiro atoms. The van der Waals surface area contributed by atoms with Gasteiger partial charge in [-0.05, 0) is 38.1 Å². The number of aryl methyl sites for hydroxylation is 1. The molecule has 144 valence electrons. The maximum absolute atomic E-state index is 13.7. The molecule has 1 unspecified atom stereocenters. The Bertz CT molecular complexity index is 1280. The summed E-state index contributed by atoms with van der Waals surface area (Å²) in [5.41, 5.74) is 5.82. The van der Waals surface area contributed by atoms with Gasteiger partial charge in [-0.25, -0.2) is 4.68 Å². The van der Waals surface area contributed by atoms with Crippen molar-refractivity contribution >= 4 is 0 Å². The molecule has 4 heteroatoms. The first-order chi connectivity index (χ1) is 14.1. The maximum Gasteiger partial charge on any atom is 0.275 e. The van der Waals surface area contributed by atoms with Gasteiger partial charge in [0.1, 0.15) is 11.5 Å². The first-order valence-corrected chi connectivity index (χ1v) is 9.77. The first kappa shape index (κ1) is 17.6. The second kappa shape index (κ2) is 6.52. The molecular weight excluding hydrogens is 360 g/mol. The molecule has 0 amide bonds. The summed E-state index contributed by atoms with van der Waals surface area (Å²) >= 11 is 0. The lowest BCUT2D eigenvalue weighted by atomic mass is 9.82. The third-order valence-electron chi connectivity index (χ3n) is 5.81. The zero-order valence-corrected chi connectivity index (χ0v) is 16.7. The van der Waals surface area contributed by atoms with Crippen LogP contribution in [0.25, 0.3) is 5.69 Å². The summed E-state index contributed by atoms with van der Waals surface area (Å²) in [6, 6.07) is 24.0. The average molecular weight is 382 g/mol. The Labute approximate surface area is 169 Å². The summed E-state index contributed by atoms with van der Waals surface area (Å²) in [7, 11) is 1.94. The predicted octanol–water partition coefficient (Wildman–Crippen LogP) is 5.08. The van der Waals surface area contributed by atoms with E-state index in [1.165, 1.54) is 0 Å². The molecule has 0 fully saturated rings. The van der Waals surface area contributed by atoms with E-state index >= 15 is 0 Å². The lowest BCUT2D eigenvalue weighted by Gasteiger charge is -2.28. The lowest BCUT2D eigenvalue weighted by molar-refractivity contribution is 0.452. The van der Waals surface area contributed by atoms with Gasteiger partial charge in [0.15, 0.2) is 0 Å². The van der Waals surface area contributed by atoms with Crippen LogP contribution in [0.3, 0.4) is 0 Å². The van der Waals surface area contributed by atoms with Gasteiger partial charge in [0.05, 0.1) is 11.3 Å². The van der Waals surface area contributed by atoms with Gasteiger partial charge in [-0.15, -0.1) is 0 Å². The summed E-state index contributed by atoms with van der Waals surface area (Å²) in [5.74, 6) is 1.45. The highest BCUT2D eigenvalue weighted by Gasteiger charge is 2.33. The van der Waals surface area contributed by atoms with Crippen LogP contribution in [0, 0.1) is 13.8 Å². The summed E-state index contributed by atoms with van der Waals surface area (Å²) in [4.78, 5) is 13.7. The number of rotatable bonds is 2. The minimum atomic E-state index is -0.168. The van der Waals surface area contributed by atoms with Crippen molar-refractivity contribution in [2.75, 3.05) is 0 Å². The zero-order chi connectivity index (χ0) is 20.1. The zero-order valence-electron chi connectivity index (χ0n) is 16.7. The summed E-state index contributed by atoms with van der Waals surface area (Å²) in [5, 5.41) is 0. The molecule has 0 N–H and O–H groups in total. The van der Waals surface area contributed by atoms with Gasteiger partial charge >= 0.3 is 0 Å². The molecule has 0 radical (unpaired) electrons. The van der Waals surface area contributed by atoms with Crippen molar-refractivity contribution in [2.24, 2.45) is 7.05 Å². The highest BCUT2D eigenvalue weighted by Crippen LogP contribution is 2.47. The Balaban J connectivity index is 1.82. The highest BCUT2D eigenvalue weighted by atomic mass is 16.5. The summed E-state index contributed by atoms with van der Waals surface area (Å²) in [6.45, 7) is 4.08. The molecule has 1 atom stereocenters. The summed E-state index contributed by atoms with van der Waals surface area (Å²) in [6.07, 6.45) is 0. The molecule has 1 aromatic heterocycles. The molecule has 3 aromatic carbocycles. The Kier molecular flexibility index (Phi) is 3.95. The van der Waals surface area contributed by atoms with Crippen LogP contribution in [0.5, 0.6) is 11.5 Å². The largest absolute Gasteiger partial charge is 0.457 e. The van der Waals surface area contributed by atoms with E-state index < -0.39 is 0 Å². The number of nitrogens with zero attached hydrogens (tertiary/aromatic N) is 2. The van der Waals surface area contributed by atoms with Crippen LogP contribution in [-0.2, 0) is 7.05 Å². The second-order valence-electron chi connectivity index (χ2n) is 7.59. The van der Waals surface area contributed by atoms with Crippen molar-refractivity contribution in [1.82, 2.24) is 9.36 Å². The normalized spacial score (nSPS) is 14.8. The van der Waals surface area contributed by atoms with E-state index in [4.69, 9.17) is 4.74 Å². The van der Waals surface area contributed by atoms with Crippen LogP contribution >= 0.6 is 0 Å². The van der Waals surface area contributed by atoms with Crippen LogP contribution in [-0.4, -0.2) is 9.36 Å². The first-order valence-electron chi connectivity index (χ1n) is 9.77. The van der Waals surface area contributed by atoms with E-state index in [9.17, 15) is 4.79 Å². The van der Waals surface area contributed by atoms with Gasteiger partial charge in [-0.2, -0.15) is 0 Å². The van der Waals surface area contributed by atoms with Crippen molar-refractivity contribution in [3.05, 3.63) is 111 Å². The van der Waals surface area contributed by atoms with Crippen molar-refractivity contribution in [3.63, 3.8) is 0 Å². The third kappa shape index (κ3) is 2.64.